The van der Waals surface area contributed by atoms with Crippen LogP contribution >= 0.6 is 0 Å². The summed E-state index contributed by atoms with van der Waals surface area (Å²) in [5, 5.41) is 17.2. The Labute approximate surface area is 124 Å². The SMILES string of the molecule is CCC(CCO)NC(=O)c1cc(C)nc2c1c(C)nn2C. The number of aromatic nitrogens is 3. The van der Waals surface area contributed by atoms with Gasteiger partial charge in [0, 0.05) is 25.4 Å². The minimum atomic E-state index is -0.137. The van der Waals surface area contributed by atoms with Crippen LogP contribution in [0.3, 0.4) is 0 Å². The van der Waals surface area contributed by atoms with E-state index in [1.165, 1.54) is 0 Å². The molecule has 114 valence electrons. The van der Waals surface area contributed by atoms with Crippen LogP contribution in [0, 0.1) is 13.8 Å². The fourth-order valence-electron chi connectivity index (χ4n) is 2.55. The van der Waals surface area contributed by atoms with Crippen LogP contribution in [0.5, 0.6) is 0 Å². The van der Waals surface area contributed by atoms with Gasteiger partial charge in [0.25, 0.3) is 5.91 Å². The Hall–Kier alpha value is -1.95. The number of amides is 1. The lowest BCUT2D eigenvalue weighted by Gasteiger charge is -2.16. The first-order chi connectivity index (χ1) is 9.97. The maximum Gasteiger partial charge on any atom is 0.252 e. The summed E-state index contributed by atoms with van der Waals surface area (Å²) in [5.74, 6) is -0.137. The summed E-state index contributed by atoms with van der Waals surface area (Å²) in [5.41, 5.74) is 2.89. The van der Waals surface area contributed by atoms with Crippen LogP contribution in [-0.2, 0) is 7.05 Å². The number of nitrogens with zero attached hydrogens (tertiary/aromatic N) is 3. The highest BCUT2D eigenvalue weighted by molar-refractivity contribution is 6.06. The highest BCUT2D eigenvalue weighted by Crippen LogP contribution is 2.21. The number of aliphatic hydroxyl groups excluding tert-OH is 1. The fraction of sp³-hybridized carbons (Fsp3) is 0.533. The molecule has 2 N–H and O–H groups in total. The number of carbonyl (C=O) groups excluding carboxylic acids is 1. The molecule has 21 heavy (non-hydrogen) atoms. The third kappa shape index (κ3) is 3.05. The number of hydrogen-bond donors (Lipinski definition) is 2. The van der Waals surface area contributed by atoms with E-state index in [1.54, 1.807) is 10.7 Å². The molecule has 0 aliphatic heterocycles. The Morgan fingerprint density at radius 1 is 1.48 bits per heavy atom. The van der Waals surface area contributed by atoms with Crippen LogP contribution in [0.2, 0.25) is 0 Å². The summed E-state index contributed by atoms with van der Waals surface area (Å²) >= 11 is 0. The molecule has 2 aromatic rings. The van der Waals surface area contributed by atoms with E-state index in [2.05, 4.69) is 15.4 Å². The maximum atomic E-state index is 12.6. The molecular weight excluding hydrogens is 268 g/mol. The van der Waals surface area contributed by atoms with Gasteiger partial charge in [0.2, 0.25) is 0 Å². The molecule has 0 aliphatic rings. The number of pyridine rings is 1. The van der Waals surface area contributed by atoms with Gasteiger partial charge in [-0.1, -0.05) is 6.92 Å². The van der Waals surface area contributed by atoms with Crippen molar-refractivity contribution in [1.29, 1.82) is 0 Å². The smallest absolute Gasteiger partial charge is 0.252 e. The van der Waals surface area contributed by atoms with Crippen LogP contribution in [0.25, 0.3) is 11.0 Å². The largest absolute Gasteiger partial charge is 0.396 e. The zero-order valence-corrected chi connectivity index (χ0v) is 13.0. The topological polar surface area (TPSA) is 80.0 Å². The van der Waals surface area contributed by atoms with Gasteiger partial charge in [-0.25, -0.2) is 4.98 Å². The quantitative estimate of drug-likeness (QED) is 0.874. The summed E-state index contributed by atoms with van der Waals surface area (Å²) in [6, 6.07) is 1.76. The van der Waals surface area contributed by atoms with Crippen LogP contribution in [0.1, 0.15) is 41.5 Å². The Morgan fingerprint density at radius 2 is 2.19 bits per heavy atom. The van der Waals surface area contributed by atoms with Gasteiger partial charge >= 0.3 is 0 Å². The van der Waals surface area contributed by atoms with Crippen molar-refractivity contribution in [1.82, 2.24) is 20.1 Å². The summed E-state index contributed by atoms with van der Waals surface area (Å²) in [6.07, 6.45) is 1.34. The number of aliphatic hydroxyl groups is 1. The lowest BCUT2D eigenvalue weighted by molar-refractivity contribution is 0.0930. The van der Waals surface area contributed by atoms with Crippen LogP contribution in [-0.4, -0.2) is 38.4 Å². The van der Waals surface area contributed by atoms with Gasteiger partial charge < -0.3 is 10.4 Å². The normalized spacial score (nSPS) is 12.6. The van der Waals surface area contributed by atoms with Crippen LogP contribution < -0.4 is 5.32 Å². The zero-order valence-electron chi connectivity index (χ0n) is 13.0. The van der Waals surface area contributed by atoms with Crippen molar-refractivity contribution in [3.63, 3.8) is 0 Å². The van der Waals surface area contributed by atoms with E-state index in [-0.39, 0.29) is 18.6 Å². The minimum Gasteiger partial charge on any atom is -0.396 e. The number of fused-ring (bicyclic) bond motifs is 1. The second kappa shape index (κ2) is 6.22. The van der Waals surface area contributed by atoms with Gasteiger partial charge in [0.1, 0.15) is 0 Å². The molecule has 0 aromatic carbocycles. The first-order valence-corrected chi connectivity index (χ1v) is 7.20. The van der Waals surface area contributed by atoms with Gasteiger partial charge in [-0.15, -0.1) is 0 Å². The molecule has 0 bridgehead atoms. The zero-order chi connectivity index (χ0) is 15.6. The Bertz CT molecular complexity index is 663. The van der Waals surface area contributed by atoms with Gasteiger partial charge in [-0.2, -0.15) is 5.10 Å². The standard InChI is InChI=1S/C15H22N4O2/c1-5-11(6-7-20)17-15(21)12-8-9(2)16-14-13(12)10(3)18-19(14)4/h8,11,20H,5-7H2,1-4H3,(H,17,21). The molecule has 0 saturated heterocycles. The van der Waals surface area contributed by atoms with E-state index in [1.807, 2.05) is 27.8 Å². The molecule has 2 rings (SSSR count). The third-order valence-corrected chi connectivity index (χ3v) is 3.65. The van der Waals surface area contributed by atoms with Gasteiger partial charge in [-0.3, -0.25) is 9.48 Å². The van der Waals surface area contributed by atoms with Crippen molar-refractivity contribution in [2.24, 2.45) is 7.05 Å². The second-order valence-electron chi connectivity index (χ2n) is 5.31. The minimum absolute atomic E-state index is 0.0250. The van der Waals surface area contributed by atoms with E-state index in [0.717, 1.165) is 23.2 Å². The number of carbonyl (C=O) groups is 1. The number of aryl methyl sites for hydroxylation is 3. The number of nitrogens with one attached hydrogen (secondary N) is 1. The first-order valence-electron chi connectivity index (χ1n) is 7.20. The predicted molar refractivity (Wildman–Crippen MR) is 81.2 cm³/mol. The average molecular weight is 290 g/mol. The molecule has 1 unspecified atom stereocenters. The fourth-order valence-corrected chi connectivity index (χ4v) is 2.55. The Kier molecular flexibility index (Phi) is 4.57. The van der Waals surface area contributed by atoms with E-state index < -0.39 is 0 Å². The molecule has 6 nitrogen and oxygen atoms in total. The van der Waals surface area contributed by atoms with Gasteiger partial charge in [0.15, 0.2) is 5.65 Å². The molecule has 0 spiro atoms. The maximum absolute atomic E-state index is 12.6. The molecule has 1 atom stereocenters. The van der Waals surface area contributed by atoms with Gasteiger partial charge in [-0.05, 0) is 32.8 Å². The monoisotopic (exact) mass is 290 g/mol. The van der Waals surface area contributed by atoms with Crippen LogP contribution in [0.15, 0.2) is 6.07 Å². The van der Waals surface area contributed by atoms with Crippen molar-refractivity contribution in [3.05, 3.63) is 23.0 Å². The molecule has 0 aliphatic carbocycles. The lowest BCUT2D eigenvalue weighted by Crippen LogP contribution is -2.35. The van der Waals surface area contributed by atoms with E-state index in [4.69, 9.17) is 5.11 Å². The lowest BCUT2D eigenvalue weighted by atomic mass is 10.1. The van der Waals surface area contributed by atoms with E-state index in [9.17, 15) is 4.79 Å². The summed E-state index contributed by atoms with van der Waals surface area (Å²) < 4.78 is 1.69. The van der Waals surface area contributed by atoms with E-state index in [0.29, 0.717) is 17.6 Å². The number of hydrogen-bond acceptors (Lipinski definition) is 4. The predicted octanol–water partition coefficient (Wildman–Crippen LogP) is 1.48. The highest BCUT2D eigenvalue weighted by Gasteiger charge is 2.19. The van der Waals surface area contributed by atoms with E-state index >= 15 is 0 Å². The highest BCUT2D eigenvalue weighted by atomic mass is 16.3. The first kappa shape index (κ1) is 15.4. The Balaban J connectivity index is 2.43. The van der Waals surface area contributed by atoms with Crippen LogP contribution in [0.4, 0.5) is 0 Å². The third-order valence-electron chi connectivity index (χ3n) is 3.65. The molecule has 2 heterocycles. The molecule has 0 saturated carbocycles. The summed E-state index contributed by atoms with van der Waals surface area (Å²) in [4.78, 5) is 17.0. The molecule has 2 aromatic heterocycles. The summed E-state index contributed by atoms with van der Waals surface area (Å²) in [6.45, 7) is 5.80. The molecule has 1 amide bonds. The van der Waals surface area contributed by atoms with Gasteiger partial charge in [0.05, 0.1) is 16.6 Å². The average Bonchev–Trinajstić information content (AvgIpc) is 2.72. The van der Waals surface area contributed by atoms with Crippen molar-refractivity contribution in [2.75, 3.05) is 6.61 Å². The molecule has 0 radical (unpaired) electrons. The number of rotatable bonds is 5. The van der Waals surface area contributed by atoms with Crippen molar-refractivity contribution in [2.45, 2.75) is 39.7 Å². The molecule has 6 heteroatoms. The molecule has 0 fully saturated rings. The second-order valence-corrected chi connectivity index (χ2v) is 5.31. The van der Waals surface area contributed by atoms with Crippen molar-refractivity contribution >= 4 is 16.9 Å². The Morgan fingerprint density at radius 3 is 2.81 bits per heavy atom. The molecular formula is C15H22N4O2. The van der Waals surface area contributed by atoms with Crippen molar-refractivity contribution < 1.29 is 9.90 Å². The summed E-state index contributed by atoms with van der Waals surface area (Å²) in [7, 11) is 1.82. The van der Waals surface area contributed by atoms with Crippen molar-refractivity contribution in [3.8, 4) is 0 Å².